The molecule has 0 spiro atoms. The van der Waals surface area contributed by atoms with E-state index in [-0.39, 0.29) is 5.56 Å². The van der Waals surface area contributed by atoms with Crippen LogP contribution < -0.4 is 15.0 Å². The summed E-state index contributed by atoms with van der Waals surface area (Å²) >= 11 is 0. The molecule has 1 saturated heterocycles. The normalized spacial score (nSPS) is 15.2. The first-order valence-electron chi connectivity index (χ1n) is 11.2. The number of carbonyl (C=O) groups is 1. The number of aliphatic hydroxyl groups is 1. The molecule has 0 bridgehead atoms. The van der Waals surface area contributed by atoms with Gasteiger partial charge < -0.3 is 25.2 Å². The van der Waals surface area contributed by atoms with Crippen molar-refractivity contribution >= 4 is 17.5 Å². The number of aliphatic hydroxyl groups excluding tert-OH is 1. The zero-order valence-electron chi connectivity index (χ0n) is 18.6. The van der Waals surface area contributed by atoms with Crippen LogP contribution in [-0.2, 0) is 0 Å². The third kappa shape index (κ3) is 6.02. The maximum Gasteiger partial charge on any atom is 0.335 e. The maximum atomic E-state index is 11.1. The van der Waals surface area contributed by atoms with Gasteiger partial charge in [-0.3, -0.25) is 0 Å². The van der Waals surface area contributed by atoms with Crippen LogP contribution in [0.1, 0.15) is 40.6 Å². The number of pyridine rings is 1. The Bertz CT molecular complexity index is 1060. The molecule has 2 heterocycles. The molecule has 4 rings (SSSR count). The molecule has 2 aromatic carbocycles. The van der Waals surface area contributed by atoms with Crippen molar-refractivity contribution in [1.82, 2.24) is 4.98 Å². The highest BCUT2D eigenvalue weighted by Crippen LogP contribution is 2.25. The Morgan fingerprint density at radius 1 is 1.15 bits per heavy atom. The molecule has 3 aromatic rings. The van der Waals surface area contributed by atoms with Gasteiger partial charge in [-0.05, 0) is 56.0 Å². The van der Waals surface area contributed by atoms with Gasteiger partial charge in [-0.1, -0.05) is 35.9 Å². The minimum absolute atomic E-state index is 0.234. The van der Waals surface area contributed by atoms with Gasteiger partial charge in [-0.2, -0.15) is 0 Å². The van der Waals surface area contributed by atoms with E-state index >= 15 is 0 Å². The van der Waals surface area contributed by atoms with Crippen LogP contribution in [0.3, 0.4) is 0 Å². The largest absolute Gasteiger partial charge is 0.493 e. The maximum absolute atomic E-state index is 11.1. The third-order valence-electron chi connectivity index (χ3n) is 5.95. The molecule has 1 aliphatic heterocycles. The topological polar surface area (TPSA) is 94.9 Å². The number of carboxylic acid groups (broad SMARTS) is 1. The first-order chi connectivity index (χ1) is 16.0. The smallest absolute Gasteiger partial charge is 0.335 e. The Balaban J connectivity index is 1.25. The molecular weight excluding hydrogens is 418 g/mol. The number of piperidine rings is 1. The van der Waals surface area contributed by atoms with Gasteiger partial charge in [0.2, 0.25) is 0 Å². The molecule has 7 heteroatoms. The SMILES string of the molecule is Cc1ccc(C(O)Nc2ccc(N3CCC(COc4cccc(C(=O)O)c4)CC3)nc2)cc1. The number of aryl methyl sites for hydroxylation is 1. The molecular formula is C26H29N3O4. The van der Waals surface area contributed by atoms with E-state index in [4.69, 9.17) is 9.84 Å². The van der Waals surface area contributed by atoms with Gasteiger partial charge in [0, 0.05) is 18.7 Å². The van der Waals surface area contributed by atoms with Crippen LogP contribution in [0.5, 0.6) is 5.75 Å². The zero-order chi connectivity index (χ0) is 23.2. The molecule has 172 valence electrons. The zero-order valence-corrected chi connectivity index (χ0v) is 18.6. The van der Waals surface area contributed by atoms with E-state index in [0.29, 0.717) is 18.3 Å². The van der Waals surface area contributed by atoms with Crippen molar-refractivity contribution in [3.05, 3.63) is 83.6 Å². The summed E-state index contributed by atoms with van der Waals surface area (Å²) in [4.78, 5) is 17.9. The second-order valence-corrected chi connectivity index (χ2v) is 8.44. The number of hydrogen-bond acceptors (Lipinski definition) is 6. The number of nitrogens with zero attached hydrogens (tertiary/aromatic N) is 2. The quantitative estimate of drug-likeness (QED) is 0.438. The van der Waals surface area contributed by atoms with E-state index in [1.54, 1.807) is 30.5 Å². The first kappa shape index (κ1) is 22.6. The summed E-state index contributed by atoms with van der Waals surface area (Å²) < 4.78 is 5.84. The summed E-state index contributed by atoms with van der Waals surface area (Å²) in [7, 11) is 0. The van der Waals surface area contributed by atoms with Gasteiger partial charge in [0.1, 0.15) is 11.6 Å². The molecule has 1 unspecified atom stereocenters. The Morgan fingerprint density at radius 2 is 1.91 bits per heavy atom. The number of nitrogens with one attached hydrogen (secondary N) is 1. The van der Waals surface area contributed by atoms with Gasteiger partial charge in [0.05, 0.1) is 24.1 Å². The monoisotopic (exact) mass is 447 g/mol. The highest BCUT2D eigenvalue weighted by Gasteiger charge is 2.21. The molecule has 0 amide bonds. The summed E-state index contributed by atoms with van der Waals surface area (Å²) in [6.07, 6.45) is 2.92. The lowest BCUT2D eigenvalue weighted by Crippen LogP contribution is -2.36. The highest BCUT2D eigenvalue weighted by molar-refractivity contribution is 5.88. The van der Waals surface area contributed by atoms with E-state index in [0.717, 1.165) is 48.6 Å². The van der Waals surface area contributed by atoms with Crippen molar-refractivity contribution < 1.29 is 19.7 Å². The van der Waals surface area contributed by atoms with Crippen LogP contribution in [0.4, 0.5) is 11.5 Å². The van der Waals surface area contributed by atoms with Gasteiger partial charge in [-0.25, -0.2) is 9.78 Å². The number of benzene rings is 2. The fourth-order valence-corrected chi connectivity index (χ4v) is 3.91. The minimum atomic E-state index is -0.952. The molecule has 1 fully saturated rings. The molecule has 1 aromatic heterocycles. The van der Waals surface area contributed by atoms with Gasteiger partial charge in [0.15, 0.2) is 6.23 Å². The van der Waals surface area contributed by atoms with Gasteiger partial charge in [0.25, 0.3) is 0 Å². The van der Waals surface area contributed by atoms with Crippen molar-refractivity contribution in [2.24, 2.45) is 5.92 Å². The number of carboxylic acids is 1. The fourth-order valence-electron chi connectivity index (χ4n) is 3.91. The van der Waals surface area contributed by atoms with Crippen molar-refractivity contribution in [2.75, 3.05) is 29.9 Å². The lowest BCUT2D eigenvalue weighted by molar-refractivity contribution is 0.0696. The number of ether oxygens (including phenoxy) is 1. The minimum Gasteiger partial charge on any atom is -0.493 e. The van der Waals surface area contributed by atoms with Gasteiger partial charge in [-0.15, -0.1) is 0 Å². The lowest BCUT2D eigenvalue weighted by Gasteiger charge is -2.32. The van der Waals surface area contributed by atoms with Gasteiger partial charge >= 0.3 is 5.97 Å². The van der Waals surface area contributed by atoms with Crippen molar-refractivity contribution in [3.8, 4) is 5.75 Å². The van der Waals surface area contributed by atoms with Crippen LogP contribution >= 0.6 is 0 Å². The lowest BCUT2D eigenvalue weighted by atomic mass is 9.98. The van der Waals surface area contributed by atoms with Crippen molar-refractivity contribution in [2.45, 2.75) is 26.0 Å². The molecule has 3 N–H and O–H groups in total. The second-order valence-electron chi connectivity index (χ2n) is 8.44. The average molecular weight is 448 g/mol. The molecule has 1 atom stereocenters. The first-order valence-corrected chi connectivity index (χ1v) is 11.2. The predicted molar refractivity (Wildman–Crippen MR) is 128 cm³/mol. The second kappa shape index (κ2) is 10.4. The Hall–Kier alpha value is -3.58. The Morgan fingerprint density at radius 3 is 2.58 bits per heavy atom. The summed E-state index contributed by atoms with van der Waals surface area (Å²) in [5.41, 5.74) is 2.96. The van der Waals surface area contributed by atoms with E-state index in [1.807, 2.05) is 43.3 Å². The summed E-state index contributed by atoms with van der Waals surface area (Å²) in [5.74, 6) is 0.973. The van der Waals surface area contributed by atoms with E-state index < -0.39 is 12.2 Å². The molecule has 33 heavy (non-hydrogen) atoms. The Labute approximate surface area is 193 Å². The predicted octanol–water partition coefficient (Wildman–Crippen LogP) is 4.49. The molecule has 7 nitrogen and oxygen atoms in total. The molecule has 0 radical (unpaired) electrons. The fraction of sp³-hybridized carbons (Fsp3) is 0.308. The van der Waals surface area contributed by atoms with E-state index in [1.165, 1.54) is 0 Å². The number of rotatable bonds is 8. The van der Waals surface area contributed by atoms with Crippen molar-refractivity contribution in [1.29, 1.82) is 0 Å². The number of hydrogen-bond donors (Lipinski definition) is 3. The molecule has 1 aliphatic rings. The van der Waals surface area contributed by atoms with Crippen LogP contribution in [0.15, 0.2) is 66.9 Å². The summed E-state index contributed by atoms with van der Waals surface area (Å²) in [5, 5.41) is 22.6. The van der Waals surface area contributed by atoms with Crippen LogP contribution in [0.25, 0.3) is 0 Å². The molecule has 0 aliphatic carbocycles. The summed E-state index contributed by atoms with van der Waals surface area (Å²) in [6, 6.07) is 18.3. The number of aromatic carboxylic acids is 1. The third-order valence-corrected chi connectivity index (χ3v) is 5.95. The number of anilines is 2. The Kier molecular flexibility index (Phi) is 7.10. The van der Waals surface area contributed by atoms with Crippen molar-refractivity contribution in [3.63, 3.8) is 0 Å². The highest BCUT2D eigenvalue weighted by atomic mass is 16.5. The van der Waals surface area contributed by atoms with E-state index in [9.17, 15) is 9.90 Å². The van der Waals surface area contributed by atoms with Crippen LogP contribution in [0, 0.1) is 12.8 Å². The van der Waals surface area contributed by atoms with E-state index in [2.05, 4.69) is 15.2 Å². The van der Waals surface area contributed by atoms with Crippen LogP contribution in [-0.4, -0.2) is 40.9 Å². The average Bonchev–Trinajstić information content (AvgIpc) is 2.84. The summed E-state index contributed by atoms with van der Waals surface area (Å²) in [6.45, 7) is 4.36. The van der Waals surface area contributed by atoms with Crippen LogP contribution in [0.2, 0.25) is 0 Å². The standard InChI is InChI=1S/C26H29N3O4/c1-18-5-7-20(8-6-18)25(30)28-22-9-10-24(27-16-22)29-13-11-19(12-14-29)17-33-23-4-2-3-21(15-23)26(31)32/h2-10,15-16,19,25,28,30H,11-14,17H2,1H3,(H,31,32). The molecule has 0 saturated carbocycles. The number of aromatic nitrogens is 1.